The van der Waals surface area contributed by atoms with Crippen LogP contribution in [0.5, 0.6) is 0 Å². The molecule has 0 fully saturated rings. The van der Waals surface area contributed by atoms with E-state index in [4.69, 9.17) is 9.84 Å². The number of rotatable bonds is 3. The molecule has 0 bridgehead atoms. The third-order valence-electron chi connectivity index (χ3n) is 3.38. The molecule has 19 heavy (non-hydrogen) atoms. The Balaban J connectivity index is 2.12. The van der Waals surface area contributed by atoms with Crippen LogP contribution in [-0.4, -0.2) is 18.3 Å². The molecule has 0 saturated heterocycles. The summed E-state index contributed by atoms with van der Waals surface area (Å²) in [7, 11) is 0. The summed E-state index contributed by atoms with van der Waals surface area (Å²) in [4.78, 5) is 0. The number of ether oxygens (including phenoxy) is 1. The number of hydrogen-bond donors (Lipinski definition) is 1. The molecule has 0 spiro atoms. The highest BCUT2D eigenvalue weighted by Crippen LogP contribution is 2.34. The minimum atomic E-state index is -0.116. The molecule has 96 valence electrons. The summed E-state index contributed by atoms with van der Waals surface area (Å²) in [6.45, 7) is 0.377. The summed E-state index contributed by atoms with van der Waals surface area (Å²) in [5, 5.41) is 9.02. The van der Waals surface area contributed by atoms with Crippen molar-refractivity contribution in [1.29, 1.82) is 0 Å². The van der Waals surface area contributed by atoms with E-state index in [-0.39, 0.29) is 12.7 Å². The number of aliphatic hydroxyl groups is 1. The molecule has 0 atom stereocenters. The van der Waals surface area contributed by atoms with Gasteiger partial charge in [0, 0.05) is 0 Å². The first-order chi connectivity index (χ1) is 9.40. The summed E-state index contributed by atoms with van der Waals surface area (Å²) in [6.07, 6.45) is 4.13. The fourth-order valence-electron chi connectivity index (χ4n) is 2.50. The second-order valence-electron chi connectivity index (χ2n) is 4.57. The Morgan fingerprint density at radius 1 is 0.842 bits per heavy atom. The Morgan fingerprint density at radius 2 is 1.37 bits per heavy atom. The van der Waals surface area contributed by atoms with Crippen molar-refractivity contribution in [2.24, 2.45) is 0 Å². The number of hydrogen-bond acceptors (Lipinski definition) is 2. The SMILES string of the molecule is OCCOC1c2ccccc2C=Cc2ccccc21. The standard InChI is InChI=1S/C17H16O2/c18-11-12-19-17-15-7-3-1-5-13(15)9-10-14-6-2-4-8-16(14)17/h1-10,17-18H,11-12H2. The van der Waals surface area contributed by atoms with Gasteiger partial charge in [-0.05, 0) is 22.3 Å². The Morgan fingerprint density at radius 3 is 1.89 bits per heavy atom. The van der Waals surface area contributed by atoms with E-state index in [1.807, 2.05) is 24.3 Å². The lowest BCUT2D eigenvalue weighted by molar-refractivity contribution is 0.0500. The van der Waals surface area contributed by atoms with E-state index in [0.29, 0.717) is 6.61 Å². The van der Waals surface area contributed by atoms with Crippen molar-refractivity contribution >= 4 is 12.2 Å². The lowest BCUT2D eigenvalue weighted by Crippen LogP contribution is -2.11. The van der Waals surface area contributed by atoms with Crippen LogP contribution in [0, 0.1) is 0 Å². The van der Waals surface area contributed by atoms with Crippen LogP contribution in [0.4, 0.5) is 0 Å². The fraction of sp³-hybridized carbons (Fsp3) is 0.176. The average Bonchev–Trinajstić information content (AvgIpc) is 2.62. The highest BCUT2D eigenvalue weighted by atomic mass is 16.5. The smallest absolute Gasteiger partial charge is 0.109 e. The van der Waals surface area contributed by atoms with Crippen LogP contribution in [0.25, 0.3) is 12.2 Å². The Bertz CT molecular complexity index is 552. The Hall–Kier alpha value is -1.90. The van der Waals surface area contributed by atoms with Crippen molar-refractivity contribution in [3.8, 4) is 0 Å². The minimum absolute atomic E-state index is 0.0360. The van der Waals surface area contributed by atoms with Gasteiger partial charge < -0.3 is 9.84 Å². The molecular weight excluding hydrogens is 236 g/mol. The maximum atomic E-state index is 9.02. The molecule has 0 radical (unpaired) electrons. The molecule has 2 nitrogen and oxygen atoms in total. The maximum absolute atomic E-state index is 9.02. The van der Waals surface area contributed by atoms with Crippen molar-refractivity contribution in [1.82, 2.24) is 0 Å². The third kappa shape index (κ3) is 2.33. The van der Waals surface area contributed by atoms with Gasteiger partial charge >= 0.3 is 0 Å². The number of benzene rings is 2. The van der Waals surface area contributed by atoms with Gasteiger partial charge in [0.2, 0.25) is 0 Å². The van der Waals surface area contributed by atoms with Crippen LogP contribution < -0.4 is 0 Å². The number of aliphatic hydroxyl groups excluding tert-OH is 1. The van der Waals surface area contributed by atoms with Gasteiger partial charge in [-0.2, -0.15) is 0 Å². The van der Waals surface area contributed by atoms with E-state index in [9.17, 15) is 0 Å². The minimum Gasteiger partial charge on any atom is -0.394 e. The fourth-order valence-corrected chi connectivity index (χ4v) is 2.50. The summed E-state index contributed by atoms with van der Waals surface area (Å²) in [5.74, 6) is 0. The molecule has 0 aliphatic heterocycles. The van der Waals surface area contributed by atoms with E-state index in [0.717, 1.165) is 11.1 Å². The van der Waals surface area contributed by atoms with Crippen LogP contribution >= 0.6 is 0 Å². The number of fused-ring (bicyclic) bond motifs is 2. The molecule has 2 heteroatoms. The molecular formula is C17H16O2. The summed E-state index contributed by atoms with van der Waals surface area (Å²) < 4.78 is 5.88. The molecule has 0 saturated carbocycles. The molecule has 2 aromatic rings. The van der Waals surface area contributed by atoms with E-state index in [1.54, 1.807) is 0 Å². The summed E-state index contributed by atoms with van der Waals surface area (Å²) in [5.41, 5.74) is 4.64. The second kappa shape index (κ2) is 5.39. The molecule has 1 aliphatic carbocycles. The first-order valence-electron chi connectivity index (χ1n) is 6.48. The maximum Gasteiger partial charge on any atom is 0.109 e. The van der Waals surface area contributed by atoms with Crippen molar-refractivity contribution in [3.05, 3.63) is 70.8 Å². The second-order valence-corrected chi connectivity index (χ2v) is 4.57. The van der Waals surface area contributed by atoms with Crippen molar-refractivity contribution < 1.29 is 9.84 Å². The average molecular weight is 252 g/mol. The van der Waals surface area contributed by atoms with Crippen LogP contribution in [0.15, 0.2) is 48.5 Å². The van der Waals surface area contributed by atoms with E-state index >= 15 is 0 Å². The van der Waals surface area contributed by atoms with Crippen molar-refractivity contribution in [2.75, 3.05) is 13.2 Å². The zero-order chi connectivity index (χ0) is 13.1. The topological polar surface area (TPSA) is 29.5 Å². The third-order valence-corrected chi connectivity index (χ3v) is 3.38. The first kappa shape index (κ1) is 12.2. The van der Waals surface area contributed by atoms with E-state index < -0.39 is 0 Å². The van der Waals surface area contributed by atoms with Crippen molar-refractivity contribution in [2.45, 2.75) is 6.10 Å². The predicted octanol–water partition coefficient (Wildman–Crippen LogP) is 3.27. The Kier molecular flexibility index (Phi) is 3.45. The lowest BCUT2D eigenvalue weighted by Gasteiger charge is -2.20. The summed E-state index contributed by atoms with van der Waals surface area (Å²) >= 11 is 0. The van der Waals surface area contributed by atoms with Gasteiger partial charge in [-0.25, -0.2) is 0 Å². The van der Waals surface area contributed by atoms with Gasteiger partial charge in [0.25, 0.3) is 0 Å². The molecule has 0 heterocycles. The molecule has 0 aromatic heterocycles. The van der Waals surface area contributed by atoms with Crippen molar-refractivity contribution in [3.63, 3.8) is 0 Å². The molecule has 2 aromatic carbocycles. The highest BCUT2D eigenvalue weighted by Gasteiger charge is 2.21. The zero-order valence-electron chi connectivity index (χ0n) is 10.6. The predicted molar refractivity (Wildman–Crippen MR) is 76.7 cm³/mol. The zero-order valence-corrected chi connectivity index (χ0v) is 10.6. The molecule has 1 N–H and O–H groups in total. The normalized spacial score (nSPS) is 13.7. The quantitative estimate of drug-likeness (QED) is 0.908. The largest absolute Gasteiger partial charge is 0.394 e. The molecule has 0 unspecified atom stereocenters. The van der Waals surface area contributed by atoms with E-state index in [2.05, 4.69) is 36.4 Å². The monoisotopic (exact) mass is 252 g/mol. The Labute approximate surface area is 113 Å². The van der Waals surface area contributed by atoms with Gasteiger partial charge in [-0.3, -0.25) is 0 Å². The van der Waals surface area contributed by atoms with Gasteiger partial charge in [0.05, 0.1) is 13.2 Å². The van der Waals surface area contributed by atoms with Gasteiger partial charge in [0.15, 0.2) is 0 Å². The van der Waals surface area contributed by atoms with Crippen LogP contribution in [0.1, 0.15) is 28.4 Å². The molecule has 0 amide bonds. The lowest BCUT2D eigenvalue weighted by atomic mass is 9.96. The first-order valence-corrected chi connectivity index (χ1v) is 6.48. The highest BCUT2D eigenvalue weighted by molar-refractivity contribution is 5.76. The van der Waals surface area contributed by atoms with Crippen LogP contribution in [0.2, 0.25) is 0 Å². The van der Waals surface area contributed by atoms with Gasteiger partial charge in [0.1, 0.15) is 6.10 Å². The molecule has 1 aliphatic rings. The van der Waals surface area contributed by atoms with Gasteiger partial charge in [-0.1, -0.05) is 60.7 Å². The van der Waals surface area contributed by atoms with E-state index in [1.165, 1.54) is 11.1 Å². The van der Waals surface area contributed by atoms with Crippen LogP contribution in [0.3, 0.4) is 0 Å². The summed E-state index contributed by atoms with van der Waals surface area (Å²) in [6, 6.07) is 16.5. The molecule has 3 rings (SSSR count). The van der Waals surface area contributed by atoms with Crippen LogP contribution in [-0.2, 0) is 4.74 Å². The van der Waals surface area contributed by atoms with Gasteiger partial charge in [-0.15, -0.1) is 0 Å².